The van der Waals surface area contributed by atoms with E-state index >= 15 is 0 Å². The van der Waals surface area contributed by atoms with Crippen LogP contribution in [0.3, 0.4) is 0 Å². The largest absolute Gasteiger partial charge is 0.481 e. The predicted octanol–water partition coefficient (Wildman–Crippen LogP) is 2.51. The van der Waals surface area contributed by atoms with Crippen LogP contribution in [-0.4, -0.2) is 17.6 Å². The van der Waals surface area contributed by atoms with Gasteiger partial charge in [0.1, 0.15) is 0 Å². The Labute approximate surface area is 100 Å². The van der Waals surface area contributed by atoms with Crippen molar-refractivity contribution in [1.29, 1.82) is 0 Å². The van der Waals surface area contributed by atoms with Crippen molar-refractivity contribution in [2.75, 3.05) is 6.54 Å². The highest BCUT2D eigenvalue weighted by molar-refractivity contribution is 7.10. The Hall–Kier alpha value is -0.870. The number of carbonyl (C=O) groups is 1. The molecule has 0 fully saturated rings. The van der Waals surface area contributed by atoms with Crippen LogP contribution in [-0.2, 0) is 17.8 Å². The van der Waals surface area contributed by atoms with E-state index in [0.717, 1.165) is 13.0 Å². The van der Waals surface area contributed by atoms with Gasteiger partial charge in [0.2, 0.25) is 0 Å². The Kier molecular flexibility index (Phi) is 4.50. The zero-order valence-corrected chi connectivity index (χ0v) is 10.9. The third-order valence-electron chi connectivity index (χ3n) is 2.65. The fourth-order valence-corrected chi connectivity index (χ4v) is 2.35. The number of hydrogen-bond donors (Lipinski definition) is 2. The van der Waals surface area contributed by atoms with Gasteiger partial charge in [0.15, 0.2) is 0 Å². The number of thiophene rings is 1. The molecule has 0 amide bonds. The second-order valence-electron chi connectivity index (χ2n) is 4.52. The first kappa shape index (κ1) is 13.2. The molecule has 90 valence electrons. The molecule has 0 radical (unpaired) electrons. The van der Waals surface area contributed by atoms with E-state index in [1.54, 1.807) is 25.2 Å². The van der Waals surface area contributed by atoms with Gasteiger partial charge in [-0.3, -0.25) is 4.79 Å². The number of carboxylic acids is 1. The highest BCUT2D eigenvalue weighted by Crippen LogP contribution is 2.18. The lowest BCUT2D eigenvalue weighted by molar-refractivity contribution is -0.146. The van der Waals surface area contributed by atoms with E-state index in [9.17, 15) is 4.79 Å². The lowest BCUT2D eigenvalue weighted by atomic mass is 9.94. The van der Waals surface area contributed by atoms with Crippen molar-refractivity contribution in [2.24, 2.45) is 5.41 Å². The topological polar surface area (TPSA) is 49.3 Å². The number of aliphatic carboxylic acids is 1. The summed E-state index contributed by atoms with van der Waals surface area (Å²) in [7, 11) is 0. The van der Waals surface area contributed by atoms with Crippen molar-refractivity contribution < 1.29 is 9.90 Å². The van der Waals surface area contributed by atoms with Crippen molar-refractivity contribution in [3.63, 3.8) is 0 Å². The molecule has 0 aromatic carbocycles. The Bertz CT molecular complexity index is 358. The van der Waals surface area contributed by atoms with Gasteiger partial charge < -0.3 is 10.4 Å². The van der Waals surface area contributed by atoms with Gasteiger partial charge in [-0.25, -0.2) is 0 Å². The SMILES string of the molecule is CCc1ccsc1CNCC(C)(C)C(=O)O. The van der Waals surface area contributed by atoms with E-state index in [1.807, 2.05) is 0 Å². The van der Waals surface area contributed by atoms with Crippen molar-refractivity contribution in [3.05, 3.63) is 21.9 Å². The van der Waals surface area contributed by atoms with Gasteiger partial charge in [-0.2, -0.15) is 0 Å². The summed E-state index contributed by atoms with van der Waals surface area (Å²) in [5.74, 6) is -0.762. The summed E-state index contributed by atoms with van der Waals surface area (Å²) in [6.45, 7) is 6.85. The molecular weight excluding hydrogens is 222 g/mol. The molecule has 4 heteroatoms. The molecule has 0 bridgehead atoms. The molecule has 0 aliphatic rings. The average Bonchev–Trinajstić information content (AvgIpc) is 2.64. The summed E-state index contributed by atoms with van der Waals surface area (Å²) in [5.41, 5.74) is 0.648. The van der Waals surface area contributed by atoms with Crippen LogP contribution in [0.1, 0.15) is 31.2 Å². The first-order valence-corrected chi connectivity index (χ1v) is 6.34. The molecule has 3 nitrogen and oxygen atoms in total. The van der Waals surface area contributed by atoms with Gasteiger partial charge in [-0.05, 0) is 37.3 Å². The zero-order valence-electron chi connectivity index (χ0n) is 10.0. The second-order valence-corrected chi connectivity index (χ2v) is 5.52. The minimum absolute atomic E-state index is 0.489. The van der Waals surface area contributed by atoms with E-state index in [-0.39, 0.29) is 0 Å². The van der Waals surface area contributed by atoms with Gasteiger partial charge in [-0.1, -0.05) is 6.92 Å². The molecule has 0 aliphatic heterocycles. The maximum atomic E-state index is 10.9. The molecular formula is C12H19NO2S. The first-order valence-electron chi connectivity index (χ1n) is 5.46. The molecule has 0 aliphatic carbocycles. The van der Waals surface area contributed by atoms with Crippen molar-refractivity contribution in [1.82, 2.24) is 5.32 Å². The number of carboxylic acid groups (broad SMARTS) is 1. The van der Waals surface area contributed by atoms with Crippen molar-refractivity contribution in [2.45, 2.75) is 33.7 Å². The summed E-state index contributed by atoms with van der Waals surface area (Å²) in [4.78, 5) is 12.2. The Morgan fingerprint density at radius 2 is 2.25 bits per heavy atom. The molecule has 1 aromatic rings. The molecule has 0 spiro atoms. The van der Waals surface area contributed by atoms with Gasteiger partial charge >= 0.3 is 5.97 Å². The van der Waals surface area contributed by atoms with Crippen molar-refractivity contribution in [3.8, 4) is 0 Å². The summed E-state index contributed by atoms with van der Waals surface area (Å²) >= 11 is 1.72. The van der Waals surface area contributed by atoms with Crippen LogP contribution >= 0.6 is 11.3 Å². The highest BCUT2D eigenvalue weighted by atomic mass is 32.1. The smallest absolute Gasteiger partial charge is 0.310 e. The van der Waals surface area contributed by atoms with Gasteiger partial charge in [0, 0.05) is 18.0 Å². The monoisotopic (exact) mass is 241 g/mol. The molecule has 16 heavy (non-hydrogen) atoms. The normalized spacial score (nSPS) is 11.7. The van der Waals surface area contributed by atoms with E-state index < -0.39 is 11.4 Å². The van der Waals surface area contributed by atoms with Crippen LogP contribution in [0.25, 0.3) is 0 Å². The quantitative estimate of drug-likeness (QED) is 0.804. The molecule has 1 heterocycles. The maximum Gasteiger partial charge on any atom is 0.310 e. The van der Waals surface area contributed by atoms with Gasteiger partial charge in [-0.15, -0.1) is 11.3 Å². The minimum atomic E-state index is -0.762. The first-order chi connectivity index (χ1) is 7.47. The predicted molar refractivity (Wildman–Crippen MR) is 66.8 cm³/mol. The third-order valence-corrected chi connectivity index (χ3v) is 3.61. The summed E-state index contributed by atoms with van der Waals surface area (Å²) in [5, 5.41) is 14.3. The third kappa shape index (κ3) is 3.32. The number of rotatable bonds is 6. The van der Waals surface area contributed by atoms with E-state index in [2.05, 4.69) is 23.7 Å². The van der Waals surface area contributed by atoms with E-state index in [0.29, 0.717) is 6.54 Å². The Balaban J connectivity index is 2.44. The standard InChI is InChI=1S/C12H19NO2S/c1-4-9-5-6-16-10(9)7-13-8-12(2,3)11(14)15/h5-6,13H,4,7-8H2,1-3H3,(H,14,15). The Morgan fingerprint density at radius 1 is 1.56 bits per heavy atom. The number of aryl methyl sites for hydroxylation is 1. The molecule has 1 aromatic heterocycles. The van der Waals surface area contributed by atoms with Crippen LogP contribution in [0.5, 0.6) is 0 Å². The van der Waals surface area contributed by atoms with Crippen LogP contribution in [0.15, 0.2) is 11.4 Å². The highest BCUT2D eigenvalue weighted by Gasteiger charge is 2.26. The molecule has 2 N–H and O–H groups in total. The van der Waals surface area contributed by atoms with Gasteiger partial charge in [0.05, 0.1) is 5.41 Å². The maximum absolute atomic E-state index is 10.9. The summed E-state index contributed by atoms with van der Waals surface area (Å²) in [6.07, 6.45) is 1.03. The van der Waals surface area contributed by atoms with E-state index in [1.165, 1.54) is 10.4 Å². The van der Waals surface area contributed by atoms with E-state index in [4.69, 9.17) is 5.11 Å². The van der Waals surface area contributed by atoms with Crippen LogP contribution in [0, 0.1) is 5.41 Å². The molecule has 0 saturated heterocycles. The van der Waals surface area contributed by atoms with Crippen molar-refractivity contribution >= 4 is 17.3 Å². The molecule has 0 saturated carbocycles. The van der Waals surface area contributed by atoms with Gasteiger partial charge in [0.25, 0.3) is 0 Å². The summed E-state index contributed by atoms with van der Waals surface area (Å²) < 4.78 is 0. The molecule has 1 rings (SSSR count). The number of hydrogen-bond acceptors (Lipinski definition) is 3. The minimum Gasteiger partial charge on any atom is -0.481 e. The van der Waals surface area contributed by atoms with Crippen LogP contribution < -0.4 is 5.32 Å². The lowest BCUT2D eigenvalue weighted by Crippen LogP contribution is -2.35. The Morgan fingerprint density at radius 3 is 2.81 bits per heavy atom. The lowest BCUT2D eigenvalue weighted by Gasteiger charge is -2.19. The van der Waals surface area contributed by atoms with Crippen LogP contribution in [0.2, 0.25) is 0 Å². The van der Waals surface area contributed by atoms with Crippen LogP contribution in [0.4, 0.5) is 0 Å². The molecule has 0 atom stereocenters. The summed E-state index contributed by atoms with van der Waals surface area (Å²) in [6, 6.07) is 2.13. The fraction of sp³-hybridized carbons (Fsp3) is 0.583. The number of nitrogens with one attached hydrogen (secondary N) is 1. The second kappa shape index (κ2) is 5.46. The zero-order chi connectivity index (χ0) is 12.2. The molecule has 0 unspecified atom stereocenters. The fourth-order valence-electron chi connectivity index (χ4n) is 1.40. The average molecular weight is 241 g/mol.